The molecule has 18 heavy (non-hydrogen) atoms. The second-order valence-corrected chi connectivity index (χ2v) is 4.88. The lowest BCUT2D eigenvalue weighted by Gasteiger charge is -2.11. The fourth-order valence-corrected chi connectivity index (χ4v) is 2.45. The zero-order valence-electron chi connectivity index (χ0n) is 9.59. The maximum Gasteiger partial charge on any atom is 0.123 e. The van der Waals surface area contributed by atoms with Crippen LogP contribution in [0.25, 0.3) is 0 Å². The van der Waals surface area contributed by atoms with Gasteiger partial charge in [-0.1, -0.05) is 35.3 Å². The Balaban J connectivity index is 2.36. The third kappa shape index (κ3) is 3.02. The Bertz CT molecular complexity index is 552. The summed E-state index contributed by atoms with van der Waals surface area (Å²) >= 11 is 12.1. The Labute approximate surface area is 115 Å². The molecule has 2 aromatic carbocycles. The fourth-order valence-electron chi connectivity index (χ4n) is 1.84. The Morgan fingerprint density at radius 2 is 1.72 bits per heavy atom. The molecule has 0 spiro atoms. The van der Waals surface area contributed by atoms with Crippen molar-refractivity contribution in [2.24, 2.45) is 5.73 Å². The lowest BCUT2D eigenvalue weighted by molar-refractivity contribution is 0.627. The van der Waals surface area contributed by atoms with Crippen LogP contribution in [0, 0.1) is 5.82 Å². The molecule has 0 atom stereocenters. The van der Waals surface area contributed by atoms with Crippen LogP contribution < -0.4 is 5.73 Å². The largest absolute Gasteiger partial charge is 0.326 e. The van der Waals surface area contributed by atoms with Gasteiger partial charge in [0, 0.05) is 16.6 Å². The molecule has 0 amide bonds. The van der Waals surface area contributed by atoms with E-state index in [2.05, 4.69) is 0 Å². The van der Waals surface area contributed by atoms with E-state index in [1.807, 2.05) is 6.07 Å². The number of hydrogen-bond acceptors (Lipinski definition) is 1. The number of hydrogen-bond donors (Lipinski definition) is 1. The van der Waals surface area contributed by atoms with Crippen molar-refractivity contribution in [2.45, 2.75) is 13.0 Å². The first-order chi connectivity index (χ1) is 8.60. The first kappa shape index (κ1) is 13.3. The molecule has 2 rings (SSSR count). The van der Waals surface area contributed by atoms with Crippen LogP contribution in [0.1, 0.15) is 16.7 Å². The van der Waals surface area contributed by atoms with Crippen LogP contribution in [0.5, 0.6) is 0 Å². The van der Waals surface area contributed by atoms with Gasteiger partial charge in [0.05, 0.1) is 0 Å². The molecule has 0 aromatic heterocycles. The molecule has 0 radical (unpaired) electrons. The van der Waals surface area contributed by atoms with Gasteiger partial charge in [-0.3, -0.25) is 0 Å². The standard InChI is InChI=1S/C14H12Cl2FN/c15-11-6-10(8-18)13(14(16)7-11)5-9-1-3-12(17)4-2-9/h1-4,6-7H,5,8,18H2. The van der Waals surface area contributed by atoms with Gasteiger partial charge in [-0.15, -0.1) is 0 Å². The molecule has 2 N–H and O–H groups in total. The van der Waals surface area contributed by atoms with Crippen LogP contribution in [0.3, 0.4) is 0 Å². The number of nitrogens with two attached hydrogens (primary N) is 1. The van der Waals surface area contributed by atoms with E-state index < -0.39 is 0 Å². The molecule has 94 valence electrons. The van der Waals surface area contributed by atoms with Gasteiger partial charge in [-0.25, -0.2) is 4.39 Å². The highest BCUT2D eigenvalue weighted by Gasteiger charge is 2.09. The van der Waals surface area contributed by atoms with Crippen molar-refractivity contribution in [3.63, 3.8) is 0 Å². The van der Waals surface area contributed by atoms with Crippen LogP contribution in [0.15, 0.2) is 36.4 Å². The predicted octanol–water partition coefficient (Wildman–Crippen LogP) is 4.18. The summed E-state index contributed by atoms with van der Waals surface area (Å²) in [6, 6.07) is 9.84. The molecule has 0 saturated carbocycles. The van der Waals surface area contributed by atoms with Crippen LogP contribution in [0.2, 0.25) is 10.0 Å². The minimum atomic E-state index is -0.250. The summed E-state index contributed by atoms with van der Waals surface area (Å²) < 4.78 is 12.8. The van der Waals surface area contributed by atoms with Crippen molar-refractivity contribution in [1.29, 1.82) is 0 Å². The summed E-state index contributed by atoms with van der Waals surface area (Å²) in [5, 5.41) is 1.16. The Morgan fingerprint density at radius 3 is 2.33 bits per heavy atom. The van der Waals surface area contributed by atoms with E-state index in [1.54, 1.807) is 18.2 Å². The minimum Gasteiger partial charge on any atom is -0.326 e. The van der Waals surface area contributed by atoms with E-state index in [9.17, 15) is 4.39 Å². The number of rotatable bonds is 3. The quantitative estimate of drug-likeness (QED) is 0.898. The third-order valence-corrected chi connectivity index (χ3v) is 3.32. The molecule has 0 heterocycles. The minimum absolute atomic E-state index is 0.250. The summed E-state index contributed by atoms with van der Waals surface area (Å²) in [5.41, 5.74) is 8.52. The van der Waals surface area contributed by atoms with Crippen LogP contribution in [-0.2, 0) is 13.0 Å². The van der Waals surface area contributed by atoms with Gasteiger partial charge in [0.1, 0.15) is 5.82 Å². The predicted molar refractivity (Wildman–Crippen MR) is 73.6 cm³/mol. The maximum atomic E-state index is 12.8. The van der Waals surface area contributed by atoms with Gasteiger partial charge in [-0.2, -0.15) is 0 Å². The van der Waals surface area contributed by atoms with Crippen LogP contribution >= 0.6 is 23.2 Å². The highest BCUT2D eigenvalue weighted by atomic mass is 35.5. The molecule has 0 bridgehead atoms. The maximum absolute atomic E-state index is 12.8. The second kappa shape index (κ2) is 5.70. The summed E-state index contributed by atoms with van der Waals surface area (Å²) in [5.74, 6) is -0.250. The molecule has 0 aliphatic heterocycles. The molecule has 0 aliphatic carbocycles. The number of halogens is 3. The molecule has 0 saturated heterocycles. The Morgan fingerprint density at radius 1 is 1.06 bits per heavy atom. The van der Waals surface area contributed by atoms with Crippen molar-refractivity contribution >= 4 is 23.2 Å². The highest BCUT2D eigenvalue weighted by molar-refractivity contribution is 6.35. The van der Waals surface area contributed by atoms with Crippen molar-refractivity contribution in [1.82, 2.24) is 0 Å². The van der Waals surface area contributed by atoms with Gasteiger partial charge in [-0.05, 0) is 47.4 Å². The van der Waals surface area contributed by atoms with E-state index in [1.165, 1.54) is 12.1 Å². The summed E-state index contributed by atoms with van der Waals surface area (Å²) in [6.07, 6.45) is 0.614. The van der Waals surface area contributed by atoms with Crippen molar-refractivity contribution in [3.05, 3.63) is 69.0 Å². The third-order valence-electron chi connectivity index (χ3n) is 2.77. The van der Waals surface area contributed by atoms with Crippen molar-refractivity contribution in [3.8, 4) is 0 Å². The molecular formula is C14H12Cl2FN. The molecule has 0 fully saturated rings. The first-order valence-corrected chi connectivity index (χ1v) is 6.27. The normalized spacial score (nSPS) is 10.7. The molecule has 1 nitrogen and oxygen atoms in total. The summed E-state index contributed by atoms with van der Waals surface area (Å²) in [4.78, 5) is 0. The smallest absolute Gasteiger partial charge is 0.123 e. The molecule has 0 aliphatic rings. The van der Waals surface area contributed by atoms with Crippen molar-refractivity contribution in [2.75, 3.05) is 0 Å². The number of benzene rings is 2. The highest BCUT2D eigenvalue weighted by Crippen LogP contribution is 2.27. The molecule has 4 heteroatoms. The molecule has 2 aromatic rings. The first-order valence-electron chi connectivity index (χ1n) is 5.51. The van der Waals surface area contributed by atoms with Crippen LogP contribution in [-0.4, -0.2) is 0 Å². The van der Waals surface area contributed by atoms with Crippen LogP contribution in [0.4, 0.5) is 4.39 Å². The fraction of sp³-hybridized carbons (Fsp3) is 0.143. The lowest BCUT2D eigenvalue weighted by Crippen LogP contribution is -2.03. The summed E-state index contributed by atoms with van der Waals surface area (Å²) in [6.45, 7) is 0.372. The van der Waals surface area contributed by atoms with E-state index in [-0.39, 0.29) is 5.82 Å². The van der Waals surface area contributed by atoms with Gasteiger partial charge in [0.25, 0.3) is 0 Å². The van der Waals surface area contributed by atoms with E-state index >= 15 is 0 Å². The van der Waals surface area contributed by atoms with Gasteiger partial charge in [0.2, 0.25) is 0 Å². The monoisotopic (exact) mass is 283 g/mol. The zero-order valence-corrected chi connectivity index (χ0v) is 11.1. The average molecular weight is 284 g/mol. The molecular weight excluding hydrogens is 272 g/mol. The second-order valence-electron chi connectivity index (χ2n) is 4.03. The van der Waals surface area contributed by atoms with E-state index in [0.29, 0.717) is 23.0 Å². The van der Waals surface area contributed by atoms with Gasteiger partial charge in [0.15, 0.2) is 0 Å². The topological polar surface area (TPSA) is 26.0 Å². The van der Waals surface area contributed by atoms with Crippen molar-refractivity contribution < 1.29 is 4.39 Å². The SMILES string of the molecule is NCc1cc(Cl)cc(Cl)c1Cc1ccc(F)cc1. The van der Waals surface area contributed by atoms with E-state index in [0.717, 1.165) is 16.7 Å². The van der Waals surface area contributed by atoms with Gasteiger partial charge >= 0.3 is 0 Å². The Kier molecular flexibility index (Phi) is 4.23. The van der Waals surface area contributed by atoms with Gasteiger partial charge < -0.3 is 5.73 Å². The average Bonchev–Trinajstić information content (AvgIpc) is 2.34. The lowest BCUT2D eigenvalue weighted by atomic mass is 9.99. The Hall–Kier alpha value is -1.09. The summed E-state index contributed by atoms with van der Waals surface area (Å²) in [7, 11) is 0. The zero-order chi connectivity index (χ0) is 13.1. The van der Waals surface area contributed by atoms with E-state index in [4.69, 9.17) is 28.9 Å². The molecule has 0 unspecified atom stereocenters.